The minimum absolute atomic E-state index is 0.415. The highest BCUT2D eigenvalue weighted by molar-refractivity contribution is 5.95. The van der Waals surface area contributed by atoms with E-state index in [-0.39, 0.29) is 0 Å². The maximum atomic E-state index is 5.81. The number of hydrogen-bond acceptors (Lipinski definition) is 4. The molecule has 2 aliphatic rings. The Morgan fingerprint density at radius 3 is 2.50 bits per heavy atom. The number of nitrogens with one attached hydrogen (secondary N) is 2. The van der Waals surface area contributed by atoms with Crippen LogP contribution in [0.5, 0.6) is 0 Å². The summed E-state index contributed by atoms with van der Waals surface area (Å²) in [5, 5.41) is 19.1. The highest BCUT2D eigenvalue weighted by Crippen LogP contribution is 2.37. The second kappa shape index (κ2) is 7.02. The normalized spacial score (nSPS) is 27.3. The average molecular weight is 330 g/mol. The molecule has 3 heterocycles. The summed E-state index contributed by atoms with van der Waals surface area (Å²) in [6.07, 6.45) is 6.16. The fourth-order valence-electron chi connectivity index (χ4n) is 3.61. The third kappa shape index (κ3) is 3.74. The molecule has 2 aliphatic heterocycles. The van der Waals surface area contributed by atoms with Crippen molar-refractivity contribution in [1.82, 2.24) is 15.1 Å². The SMILES string of the molecule is CC(C)=NN=C(N=C(C)N)N1C2CC[C@@H]1CC(Nc1ccn[nH]1)C2. The number of anilines is 1. The zero-order valence-corrected chi connectivity index (χ0v) is 14.5. The third-order valence-electron chi connectivity index (χ3n) is 4.44. The van der Waals surface area contributed by atoms with Gasteiger partial charge in [0.25, 0.3) is 0 Å². The van der Waals surface area contributed by atoms with E-state index in [1.54, 1.807) is 13.1 Å². The summed E-state index contributed by atoms with van der Waals surface area (Å²) >= 11 is 0. The van der Waals surface area contributed by atoms with Crippen LogP contribution in [0.15, 0.2) is 27.5 Å². The van der Waals surface area contributed by atoms with E-state index in [1.807, 2.05) is 19.9 Å². The number of amidine groups is 1. The molecule has 0 aromatic carbocycles. The lowest BCUT2D eigenvalue weighted by Crippen LogP contribution is -2.49. The molecule has 8 nitrogen and oxygen atoms in total. The molecule has 1 aromatic rings. The van der Waals surface area contributed by atoms with Gasteiger partial charge in [0.15, 0.2) is 0 Å². The monoisotopic (exact) mass is 330 g/mol. The van der Waals surface area contributed by atoms with Gasteiger partial charge in [-0.15, -0.1) is 5.10 Å². The summed E-state index contributed by atoms with van der Waals surface area (Å²) in [7, 11) is 0. The summed E-state index contributed by atoms with van der Waals surface area (Å²) in [5.74, 6) is 2.13. The van der Waals surface area contributed by atoms with E-state index in [2.05, 4.69) is 35.6 Å². The number of aromatic nitrogens is 2. The van der Waals surface area contributed by atoms with Gasteiger partial charge >= 0.3 is 0 Å². The number of aliphatic imine (C=N–C) groups is 1. The molecule has 0 radical (unpaired) electrons. The Labute approximate surface area is 142 Å². The van der Waals surface area contributed by atoms with Crippen molar-refractivity contribution < 1.29 is 0 Å². The summed E-state index contributed by atoms with van der Waals surface area (Å²) < 4.78 is 0. The predicted octanol–water partition coefficient (Wildman–Crippen LogP) is 1.95. The molecule has 0 amide bonds. The number of fused-ring (bicyclic) bond motifs is 2. The van der Waals surface area contributed by atoms with Gasteiger partial charge in [-0.05, 0) is 52.5 Å². The van der Waals surface area contributed by atoms with Gasteiger partial charge in [-0.25, -0.2) is 0 Å². The van der Waals surface area contributed by atoms with Crippen LogP contribution in [0.2, 0.25) is 0 Å². The molecule has 2 unspecified atom stereocenters. The van der Waals surface area contributed by atoms with E-state index in [0.717, 1.165) is 37.2 Å². The van der Waals surface area contributed by atoms with Crippen molar-refractivity contribution in [2.45, 2.75) is 64.6 Å². The zero-order chi connectivity index (χ0) is 17.1. The minimum Gasteiger partial charge on any atom is -0.387 e. The van der Waals surface area contributed by atoms with Crippen LogP contribution >= 0.6 is 0 Å². The van der Waals surface area contributed by atoms with E-state index in [0.29, 0.717) is 29.9 Å². The van der Waals surface area contributed by atoms with Crippen molar-refractivity contribution in [1.29, 1.82) is 0 Å². The van der Waals surface area contributed by atoms with Gasteiger partial charge in [0, 0.05) is 23.8 Å². The van der Waals surface area contributed by atoms with Crippen molar-refractivity contribution in [3.8, 4) is 0 Å². The second-order valence-electron chi connectivity index (χ2n) is 6.78. The highest BCUT2D eigenvalue weighted by atomic mass is 15.4. The summed E-state index contributed by atoms with van der Waals surface area (Å²) in [6.45, 7) is 5.64. The van der Waals surface area contributed by atoms with Crippen molar-refractivity contribution >= 4 is 23.3 Å². The molecule has 1 aromatic heterocycles. The van der Waals surface area contributed by atoms with Crippen LogP contribution in [-0.4, -0.2) is 50.7 Å². The average Bonchev–Trinajstić information content (AvgIpc) is 3.10. The quantitative estimate of drug-likeness (QED) is 0.447. The molecule has 4 N–H and O–H groups in total. The van der Waals surface area contributed by atoms with Crippen molar-refractivity contribution in [3.63, 3.8) is 0 Å². The van der Waals surface area contributed by atoms with E-state index in [9.17, 15) is 0 Å². The van der Waals surface area contributed by atoms with Crippen molar-refractivity contribution in [3.05, 3.63) is 12.3 Å². The Kier molecular flexibility index (Phi) is 4.82. The maximum Gasteiger partial charge on any atom is 0.247 e. The first kappa shape index (κ1) is 16.5. The number of hydrogen-bond donors (Lipinski definition) is 3. The first-order valence-electron chi connectivity index (χ1n) is 8.47. The topological polar surface area (TPSA) is 107 Å². The molecule has 3 rings (SSSR count). The van der Waals surface area contributed by atoms with Gasteiger partial charge in [-0.3, -0.25) is 5.10 Å². The van der Waals surface area contributed by atoms with Gasteiger partial charge in [0.05, 0.1) is 12.0 Å². The Bertz CT molecular complexity index is 623. The summed E-state index contributed by atoms with van der Waals surface area (Å²) in [5.41, 5.74) is 6.71. The van der Waals surface area contributed by atoms with Gasteiger partial charge in [0.2, 0.25) is 5.96 Å². The summed E-state index contributed by atoms with van der Waals surface area (Å²) in [4.78, 5) is 6.75. The van der Waals surface area contributed by atoms with Crippen LogP contribution in [0.3, 0.4) is 0 Å². The lowest BCUT2D eigenvalue weighted by molar-refractivity contribution is 0.220. The number of guanidine groups is 1. The molecule has 2 fully saturated rings. The number of H-pyrrole nitrogens is 1. The Balaban J connectivity index is 1.76. The Morgan fingerprint density at radius 2 is 1.96 bits per heavy atom. The van der Waals surface area contributed by atoms with Gasteiger partial charge < -0.3 is 16.0 Å². The van der Waals surface area contributed by atoms with Crippen molar-refractivity contribution in [2.75, 3.05) is 5.32 Å². The van der Waals surface area contributed by atoms with E-state index in [4.69, 9.17) is 5.73 Å². The molecule has 3 atom stereocenters. The van der Waals surface area contributed by atoms with Crippen LogP contribution in [0.1, 0.15) is 46.5 Å². The first-order valence-corrected chi connectivity index (χ1v) is 8.47. The van der Waals surface area contributed by atoms with E-state index < -0.39 is 0 Å². The Hall–Kier alpha value is -2.38. The summed E-state index contributed by atoms with van der Waals surface area (Å²) in [6, 6.07) is 3.22. The molecule has 2 bridgehead atoms. The molecule has 8 heteroatoms. The zero-order valence-electron chi connectivity index (χ0n) is 14.5. The fourth-order valence-corrected chi connectivity index (χ4v) is 3.61. The number of rotatable bonds is 3. The molecule has 2 saturated heterocycles. The number of piperidine rings is 1. The lowest BCUT2D eigenvalue weighted by atomic mass is 9.97. The van der Waals surface area contributed by atoms with Crippen LogP contribution in [-0.2, 0) is 0 Å². The number of nitrogens with zero attached hydrogens (tertiary/aromatic N) is 5. The molecular formula is C16H26N8. The van der Waals surface area contributed by atoms with Gasteiger partial charge in [-0.2, -0.15) is 15.2 Å². The van der Waals surface area contributed by atoms with E-state index in [1.165, 1.54) is 0 Å². The van der Waals surface area contributed by atoms with Crippen LogP contribution < -0.4 is 11.1 Å². The number of aromatic amines is 1. The van der Waals surface area contributed by atoms with Crippen LogP contribution in [0.25, 0.3) is 0 Å². The molecule has 0 saturated carbocycles. The predicted molar refractivity (Wildman–Crippen MR) is 97.4 cm³/mol. The minimum atomic E-state index is 0.415. The number of nitrogens with two attached hydrogens (primary N) is 1. The van der Waals surface area contributed by atoms with Gasteiger partial charge in [-0.1, -0.05) is 0 Å². The molecule has 0 spiro atoms. The first-order chi connectivity index (χ1) is 11.5. The fraction of sp³-hybridized carbons (Fsp3) is 0.625. The Morgan fingerprint density at radius 1 is 1.25 bits per heavy atom. The highest BCUT2D eigenvalue weighted by Gasteiger charge is 2.42. The molecular weight excluding hydrogens is 304 g/mol. The lowest BCUT2D eigenvalue weighted by Gasteiger charge is -2.39. The molecule has 24 heavy (non-hydrogen) atoms. The van der Waals surface area contributed by atoms with Crippen molar-refractivity contribution in [2.24, 2.45) is 20.9 Å². The van der Waals surface area contributed by atoms with E-state index >= 15 is 0 Å². The maximum absolute atomic E-state index is 5.81. The van der Waals surface area contributed by atoms with Gasteiger partial charge in [0.1, 0.15) is 5.82 Å². The second-order valence-corrected chi connectivity index (χ2v) is 6.78. The molecule has 0 aliphatic carbocycles. The standard InChI is InChI=1S/C16H26N8/c1-10(2)21-23-16(19-11(3)17)24-13-4-5-14(24)9-12(8-13)20-15-6-7-18-22-15/h6-7,12-14H,4-5,8-9H2,1-3H3,(H2,17,19,23)(H2,18,20,22)/t12?,13-,14?/m1/s1. The van der Waals surface area contributed by atoms with Crippen LogP contribution in [0.4, 0.5) is 5.82 Å². The van der Waals surface area contributed by atoms with Crippen LogP contribution in [0, 0.1) is 0 Å². The molecule has 130 valence electrons. The third-order valence-corrected chi connectivity index (χ3v) is 4.44. The smallest absolute Gasteiger partial charge is 0.247 e. The largest absolute Gasteiger partial charge is 0.387 e.